The van der Waals surface area contributed by atoms with Gasteiger partial charge in [0.15, 0.2) is 9.84 Å². The maximum Gasteiger partial charge on any atom is 0.335 e. The van der Waals surface area contributed by atoms with Crippen molar-refractivity contribution in [2.45, 2.75) is 105 Å². The van der Waals surface area contributed by atoms with Crippen LogP contribution in [0.15, 0.2) is 30.3 Å². The minimum atomic E-state index is -2.88. The van der Waals surface area contributed by atoms with Crippen LogP contribution in [0.4, 0.5) is 0 Å². The molecule has 7 rings (SSSR count). The number of carboxylic acids is 1. The molecular weight excluding hydrogens is 645 g/mol. The standard InChI is InChI=1S/C42H64N2O5S/c1-28(27-45)31-13-18-42(43-21-22-44-23-25-50(48,49)26-24-44)20-19-40(5)33(36(31)42)11-12-35-39(4)16-14-32(29-7-9-30(10-8-29)37(46)47)38(2,3)34(39)15-17-41(35,40)6/h7-10,14,28,31,33-36,43,45H,11-13,15-27H2,1-6H3,(H,46,47). The molecule has 1 saturated heterocycles. The van der Waals surface area contributed by atoms with Gasteiger partial charge in [0.25, 0.3) is 0 Å². The van der Waals surface area contributed by atoms with Crippen molar-refractivity contribution in [3.8, 4) is 0 Å². The second-order valence-corrected chi connectivity index (χ2v) is 21.4. The molecule has 3 N–H and O–H groups in total. The van der Waals surface area contributed by atoms with Crippen molar-refractivity contribution >= 4 is 21.4 Å². The van der Waals surface area contributed by atoms with Gasteiger partial charge in [0.2, 0.25) is 0 Å². The summed E-state index contributed by atoms with van der Waals surface area (Å²) < 4.78 is 24.1. The number of benzene rings is 1. The van der Waals surface area contributed by atoms with E-state index in [9.17, 15) is 23.4 Å². The zero-order valence-electron chi connectivity index (χ0n) is 31.6. The number of aromatic carboxylic acids is 1. The third kappa shape index (κ3) is 5.58. The van der Waals surface area contributed by atoms with Gasteiger partial charge in [-0.25, -0.2) is 13.2 Å². The van der Waals surface area contributed by atoms with Crippen LogP contribution >= 0.6 is 0 Å². The molecule has 5 fully saturated rings. The van der Waals surface area contributed by atoms with Crippen molar-refractivity contribution in [1.82, 2.24) is 10.2 Å². The lowest BCUT2D eigenvalue weighted by molar-refractivity contribution is -0.221. The summed E-state index contributed by atoms with van der Waals surface area (Å²) in [6.45, 7) is 18.5. The molecule has 1 aromatic rings. The van der Waals surface area contributed by atoms with Crippen LogP contribution < -0.4 is 5.32 Å². The van der Waals surface area contributed by atoms with Crippen LogP contribution in [-0.2, 0) is 9.84 Å². The Morgan fingerprint density at radius 3 is 2.28 bits per heavy atom. The van der Waals surface area contributed by atoms with Gasteiger partial charge in [-0.3, -0.25) is 0 Å². The number of allylic oxidation sites excluding steroid dienone is 2. The first kappa shape index (κ1) is 36.6. The number of aliphatic hydroxyl groups is 1. The number of rotatable bonds is 8. The molecule has 10 unspecified atom stereocenters. The van der Waals surface area contributed by atoms with Crippen LogP contribution in [-0.4, -0.2) is 79.3 Å². The molecule has 278 valence electrons. The van der Waals surface area contributed by atoms with Crippen molar-refractivity contribution in [3.05, 3.63) is 41.5 Å². The molecule has 5 aliphatic carbocycles. The van der Waals surface area contributed by atoms with Gasteiger partial charge in [0, 0.05) is 38.3 Å². The maximum absolute atomic E-state index is 12.0. The summed E-state index contributed by atoms with van der Waals surface area (Å²) in [4.78, 5) is 13.9. The highest BCUT2D eigenvalue weighted by molar-refractivity contribution is 7.91. The molecule has 0 amide bonds. The van der Waals surface area contributed by atoms with E-state index in [2.05, 4.69) is 57.8 Å². The Hall–Kier alpha value is -1.74. The highest BCUT2D eigenvalue weighted by Crippen LogP contribution is 2.76. The summed E-state index contributed by atoms with van der Waals surface area (Å²) in [7, 11) is -2.88. The van der Waals surface area contributed by atoms with Crippen LogP contribution in [0.5, 0.6) is 0 Å². The zero-order chi connectivity index (χ0) is 35.9. The van der Waals surface area contributed by atoms with Crippen molar-refractivity contribution in [2.24, 2.45) is 57.2 Å². The molecular formula is C42H64N2O5S. The minimum absolute atomic E-state index is 0.00584. The van der Waals surface area contributed by atoms with Gasteiger partial charge >= 0.3 is 5.97 Å². The summed E-state index contributed by atoms with van der Waals surface area (Å²) >= 11 is 0. The van der Waals surface area contributed by atoms with Crippen molar-refractivity contribution in [3.63, 3.8) is 0 Å². The van der Waals surface area contributed by atoms with E-state index in [1.807, 2.05) is 12.1 Å². The summed E-state index contributed by atoms with van der Waals surface area (Å²) in [6, 6.07) is 7.55. The Labute approximate surface area is 302 Å². The van der Waals surface area contributed by atoms with Crippen LogP contribution in [0, 0.1) is 57.2 Å². The molecule has 0 bridgehead atoms. The number of carbonyl (C=O) groups is 1. The second-order valence-electron chi connectivity index (χ2n) is 19.1. The molecule has 8 heteroatoms. The molecule has 1 aromatic carbocycles. The smallest absolute Gasteiger partial charge is 0.335 e. The lowest BCUT2D eigenvalue weighted by Gasteiger charge is -2.72. The number of hydrogen-bond acceptors (Lipinski definition) is 6. The third-order valence-corrected chi connectivity index (χ3v) is 18.5. The predicted octanol–water partition coefficient (Wildman–Crippen LogP) is 7.16. The van der Waals surface area contributed by atoms with E-state index in [1.165, 1.54) is 56.9 Å². The van der Waals surface area contributed by atoms with Crippen molar-refractivity contribution in [1.29, 1.82) is 0 Å². The molecule has 0 aromatic heterocycles. The van der Waals surface area contributed by atoms with E-state index in [4.69, 9.17) is 0 Å². The number of nitrogens with zero attached hydrogens (tertiary/aromatic N) is 1. The first-order valence-corrected chi connectivity index (χ1v) is 21.7. The largest absolute Gasteiger partial charge is 0.478 e. The average Bonchev–Trinajstić information content (AvgIpc) is 3.45. The van der Waals surface area contributed by atoms with Crippen LogP contribution in [0.1, 0.15) is 115 Å². The van der Waals surface area contributed by atoms with Gasteiger partial charge in [-0.05, 0) is 138 Å². The van der Waals surface area contributed by atoms with Gasteiger partial charge in [-0.1, -0.05) is 59.8 Å². The number of sulfone groups is 1. The van der Waals surface area contributed by atoms with E-state index in [0.29, 0.717) is 54.2 Å². The Balaban J connectivity index is 1.15. The number of nitrogens with one attached hydrogen (secondary N) is 1. The molecule has 0 spiro atoms. The summed E-state index contributed by atoms with van der Waals surface area (Å²) in [5.74, 6) is 2.90. The number of carboxylic acid groups (broad SMARTS) is 1. The number of fused-ring (bicyclic) bond motifs is 7. The zero-order valence-corrected chi connectivity index (χ0v) is 32.5. The minimum Gasteiger partial charge on any atom is -0.478 e. The summed E-state index contributed by atoms with van der Waals surface area (Å²) in [6.07, 6.45) is 13.4. The fourth-order valence-corrected chi connectivity index (χ4v) is 15.3. The Morgan fingerprint density at radius 2 is 1.62 bits per heavy atom. The Bertz CT molecular complexity index is 1590. The molecule has 7 nitrogen and oxygen atoms in total. The Kier molecular flexibility index (Phi) is 9.29. The number of hydrogen-bond donors (Lipinski definition) is 3. The highest BCUT2D eigenvalue weighted by atomic mass is 32.2. The van der Waals surface area contributed by atoms with E-state index in [0.717, 1.165) is 25.1 Å². The van der Waals surface area contributed by atoms with E-state index in [-0.39, 0.29) is 45.3 Å². The van der Waals surface area contributed by atoms with Crippen LogP contribution in [0.3, 0.4) is 0 Å². The second kappa shape index (κ2) is 12.7. The van der Waals surface area contributed by atoms with Gasteiger partial charge < -0.3 is 20.4 Å². The molecule has 4 saturated carbocycles. The van der Waals surface area contributed by atoms with Gasteiger partial charge in [0.05, 0.1) is 17.1 Å². The molecule has 50 heavy (non-hydrogen) atoms. The quantitative estimate of drug-likeness (QED) is 0.263. The normalized spacial score (nSPS) is 42.7. The first-order valence-electron chi connectivity index (χ1n) is 19.8. The van der Waals surface area contributed by atoms with Gasteiger partial charge in [-0.2, -0.15) is 0 Å². The first-order chi connectivity index (χ1) is 23.5. The summed E-state index contributed by atoms with van der Waals surface area (Å²) in [5.41, 5.74) is 3.67. The molecule has 0 radical (unpaired) electrons. The monoisotopic (exact) mass is 708 g/mol. The lowest BCUT2D eigenvalue weighted by atomic mass is 9.33. The van der Waals surface area contributed by atoms with Crippen molar-refractivity contribution in [2.75, 3.05) is 44.3 Å². The average molecular weight is 709 g/mol. The maximum atomic E-state index is 12.0. The number of aliphatic hydroxyl groups excluding tert-OH is 1. The fraction of sp³-hybridized carbons (Fsp3) is 0.786. The molecule has 1 aliphatic heterocycles. The molecule has 10 atom stereocenters. The van der Waals surface area contributed by atoms with E-state index in [1.54, 1.807) is 12.1 Å². The van der Waals surface area contributed by atoms with E-state index >= 15 is 0 Å². The van der Waals surface area contributed by atoms with Crippen LogP contribution in [0.25, 0.3) is 5.57 Å². The van der Waals surface area contributed by atoms with Crippen molar-refractivity contribution < 1.29 is 23.4 Å². The molecule has 1 heterocycles. The lowest BCUT2D eigenvalue weighted by Crippen LogP contribution is -2.68. The van der Waals surface area contributed by atoms with Gasteiger partial charge in [-0.15, -0.1) is 0 Å². The topological polar surface area (TPSA) is 107 Å². The fourth-order valence-electron chi connectivity index (χ4n) is 14.1. The highest BCUT2D eigenvalue weighted by Gasteiger charge is 2.70. The Morgan fingerprint density at radius 1 is 0.920 bits per heavy atom. The third-order valence-electron chi connectivity index (χ3n) is 16.9. The predicted molar refractivity (Wildman–Crippen MR) is 201 cm³/mol. The molecule has 6 aliphatic rings. The summed E-state index contributed by atoms with van der Waals surface area (Å²) in [5, 5.41) is 24.2. The SMILES string of the molecule is CC(CO)C1CCC2(NCCN3CCS(=O)(=O)CC3)CCC3(C)C(CCC4C5(C)CC=C(c6ccc(C(=O)O)cc6)C(C)(C)C5CCC43C)C12. The van der Waals surface area contributed by atoms with E-state index < -0.39 is 15.8 Å². The van der Waals surface area contributed by atoms with Crippen LogP contribution in [0.2, 0.25) is 0 Å². The van der Waals surface area contributed by atoms with Gasteiger partial charge in [0.1, 0.15) is 0 Å².